The summed E-state index contributed by atoms with van der Waals surface area (Å²) in [6.07, 6.45) is 3.26. The van der Waals surface area contributed by atoms with E-state index in [0.717, 1.165) is 0 Å². The summed E-state index contributed by atoms with van der Waals surface area (Å²) in [5, 5.41) is 8.07. The number of carboxylic acids is 1. The van der Waals surface area contributed by atoms with Crippen molar-refractivity contribution in [3.05, 3.63) is 12.2 Å². The van der Waals surface area contributed by atoms with Crippen molar-refractivity contribution in [3.8, 4) is 0 Å². The Balaban J connectivity index is 0. The van der Waals surface area contributed by atoms with Crippen LogP contribution in [-0.2, 0) is 24.4 Å². The smallest absolute Gasteiger partial charge is 0.330 e. The van der Waals surface area contributed by atoms with Crippen LogP contribution < -0.4 is 0 Å². The largest absolute Gasteiger partial charge is 0.481 e. The molecule has 0 aliphatic carbocycles. The van der Waals surface area contributed by atoms with Crippen LogP contribution in [0.2, 0.25) is 0.515 Å². The first kappa shape index (κ1) is 23.5. The fourth-order valence-electron chi connectivity index (χ4n) is 0.941. The molecular weight excluding hydrogens is 327 g/mol. The van der Waals surface area contributed by atoms with Gasteiger partial charge in [0.25, 0.3) is 0 Å². The molecule has 0 spiro atoms. The summed E-state index contributed by atoms with van der Waals surface area (Å²) in [5.74, 6) is -2.04. The summed E-state index contributed by atoms with van der Waals surface area (Å²) >= 11 is 0.502. The Morgan fingerprint density at radius 2 is 1.90 bits per heavy atom. The molecule has 2 N–H and O–H groups in total. The zero-order chi connectivity index (χ0) is 17.1. The zero-order valence-electron chi connectivity index (χ0n) is 12.8. The average molecular weight is 348 g/mol. The van der Waals surface area contributed by atoms with E-state index in [0.29, 0.717) is 55.9 Å². The third-order valence-corrected chi connectivity index (χ3v) is 6.84. The molecule has 0 rings (SSSR count). The Labute approximate surface area is 159 Å². The monoisotopic (exact) mass is 348 g/mol. The summed E-state index contributed by atoms with van der Waals surface area (Å²) in [4.78, 5) is 21.3. The van der Waals surface area contributed by atoms with Gasteiger partial charge in [-0.25, -0.2) is 4.79 Å². The van der Waals surface area contributed by atoms with Crippen LogP contribution in [0.15, 0.2) is 12.2 Å². The van der Waals surface area contributed by atoms with Crippen LogP contribution in [0.1, 0.15) is 27.2 Å². The molecule has 0 aliphatic rings. The van der Waals surface area contributed by atoms with E-state index in [9.17, 15) is 18.0 Å². The molecule has 0 amide bonds. The maximum atomic E-state index is 10.8. The first-order chi connectivity index (χ1) is 9.59. The molecule has 0 saturated carbocycles. The van der Waals surface area contributed by atoms with Crippen LogP contribution in [0.5, 0.6) is 0 Å². The van der Waals surface area contributed by atoms with Gasteiger partial charge in [0.1, 0.15) is 6.61 Å². The number of rotatable bonds is 7. The summed E-state index contributed by atoms with van der Waals surface area (Å²) in [5.41, 5.74) is 0. The molecule has 0 fully saturated rings. The molecule has 0 radical (unpaired) electrons. The number of carboxylic acid groups (broad SMARTS) is 1. The molecule has 0 aromatic rings. The first-order valence-corrected chi connectivity index (χ1v) is 10.3. The molecule has 2 unspecified atom stereocenters. The molecule has 9 heteroatoms. The maximum absolute atomic E-state index is 10.8. The van der Waals surface area contributed by atoms with Crippen LogP contribution in [0.3, 0.4) is 0 Å². The Morgan fingerprint density at radius 3 is 2.14 bits per heavy atom. The number of hydrogen-bond donors (Lipinski definition) is 2. The third kappa shape index (κ3) is 13.6. The predicted molar refractivity (Wildman–Crippen MR) is 78.8 cm³/mol. The van der Waals surface area contributed by atoms with E-state index in [-0.39, 0.29) is 6.61 Å². The van der Waals surface area contributed by atoms with E-state index in [2.05, 4.69) is 0 Å². The van der Waals surface area contributed by atoms with Gasteiger partial charge < -0.3 is 9.84 Å². The minimum atomic E-state index is -3.71. The van der Waals surface area contributed by atoms with Gasteiger partial charge in [-0.05, 0) is 13.3 Å². The van der Waals surface area contributed by atoms with Crippen molar-refractivity contribution in [2.75, 3.05) is 6.61 Å². The SMILES string of the molecule is CC([CH2][K])S(=O)(=O)O.CC=CC(=O)OCC(CC)C(=O)O. The Morgan fingerprint density at radius 1 is 1.38 bits per heavy atom. The Bertz CT molecular complexity index is 445. The minimum absolute atomic E-state index is 0.0605. The van der Waals surface area contributed by atoms with Crippen LogP contribution in [0.4, 0.5) is 0 Å². The fraction of sp³-hybridized carbons (Fsp3) is 0.667. The number of ether oxygens (including phenoxy) is 1. The van der Waals surface area contributed by atoms with Gasteiger partial charge in [-0.2, -0.15) is 0 Å². The first-order valence-electron chi connectivity index (χ1n) is 6.58. The van der Waals surface area contributed by atoms with Gasteiger partial charge in [-0.3, -0.25) is 4.79 Å². The molecule has 0 heterocycles. The maximum Gasteiger partial charge on any atom is 0.330 e. The molecule has 7 nitrogen and oxygen atoms in total. The van der Waals surface area contributed by atoms with Crippen molar-refractivity contribution in [1.82, 2.24) is 0 Å². The number of carbonyl (C=O) groups is 2. The molecule has 0 saturated heterocycles. The molecule has 0 aromatic carbocycles. The van der Waals surface area contributed by atoms with Gasteiger partial charge in [0.2, 0.25) is 0 Å². The molecule has 0 aromatic heterocycles. The number of allylic oxidation sites excluding steroid dienone is 1. The van der Waals surface area contributed by atoms with Gasteiger partial charge in [-0.1, -0.05) is 13.0 Å². The topological polar surface area (TPSA) is 118 Å². The van der Waals surface area contributed by atoms with Crippen molar-refractivity contribution in [3.63, 3.8) is 0 Å². The van der Waals surface area contributed by atoms with Gasteiger partial charge in [0, 0.05) is 6.08 Å². The minimum Gasteiger partial charge on any atom is -0.481 e. The molecule has 118 valence electrons. The third-order valence-electron chi connectivity index (χ3n) is 2.65. The predicted octanol–water partition coefficient (Wildman–Crippen LogP) is 1.07. The van der Waals surface area contributed by atoms with Crippen LogP contribution in [-0.4, -0.2) is 90.8 Å². The molecule has 0 aliphatic heterocycles. The van der Waals surface area contributed by atoms with E-state index in [4.69, 9.17) is 14.4 Å². The van der Waals surface area contributed by atoms with E-state index in [1.54, 1.807) is 19.9 Å². The summed E-state index contributed by atoms with van der Waals surface area (Å²) in [7, 11) is -3.71. The number of aliphatic carboxylic acids is 1. The second-order valence-electron chi connectivity index (χ2n) is 4.31. The Kier molecular flexibility index (Phi) is 14.3. The van der Waals surface area contributed by atoms with Crippen molar-refractivity contribution in [2.45, 2.75) is 33.0 Å². The Hall–Kier alpha value is 0.226. The van der Waals surface area contributed by atoms with Crippen molar-refractivity contribution >= 4 is 71.0 Å². The van der Waals surface area contributed by atoms with Crippen molar-refractivity contribution < 1.29 is 32.4 Å². The summed E-state index contributed by atoms with van der Waals surface area (Å²) < 4.78 is 33.9. The van der Waals surface area contributed by atoms with Crippen LogP contribution in [0, 0.1) is 5.92 Å². The van der Waals surface area contributed by atoms with Crippen molar-refractivity contribution in [2.24, 2.45) is 5.92 Å². The van der Waals surface area contributed by atoms with Gasteiger partial charge in [0.15, 0.2) is 0 Å². The van der Waals surface area contributed by atoms with E-state index in [1.807, 2.05) is 0 Å². The van der Waals surface area contributed by atoms with E-state index >= 15 is 0 Å². The molecule has 2 atom stereocenters. The van der Waals surface area contributed by atoms with Gasteiger partial charge >= 0.3 is 96.7 Å². The number of carbonyl (C=O) groups excluding carboxylic acids is 1. The van der Waals surface area contributed by atoms with Crippen LogP contribution in [0.25, 0.3) is 0 Å². The standard InChI is InChI=1S/C9H14O4.C3H7O3S.K/c1-3-5-8(10)13-6-7(4-2)9(11)12;1-3(2)7(4,5)6;/h3,5,7H,4,6H2,1-2H3,(H,11,12);3H,1H2,2H3,(H,4,5,6);. The van der Waals surface area contributed by atoms with Crippen LogP contribution >= 0.6 is 0 Å². The zero-order valence-corrected chi connectivity index (χ0v) is 16.7. The second-order valence-corrected chi connectivity index (χ2v) is 7.42. The second kappa shape index (κ2) is 12.7. The number of esters is 1. The van der Waals surface area contributed by atoms with Crippen molar-refractivity contribution in [1.29, 1.82) is 0 Å². The van der Waals surface area contributed by atoms with E-state index < -0.39 is 33.2 Å². The molecule has 21 heavy (non-hydrogen) atoms. The molecular formula is C12H21KO7S. The van der Waals surface area contributed by atoms with E-state index in [1.165, 1.54) is 13.0 Å². The average Bonchev–Trinajstić information content (AvgIpc) is 2.38. The van der Waals surface area contributed by atoms with Gasteiger partial charge in [0.05, 0.1) is 5.92 Å². The van der Waals surface area contributed by atoms with Gasteiger partial charge in [-0.15, -0.1) is 0 Å². The fourth-order valence-corrected chi connectivity index (χ4v) is 3.34. The summed E-state index contributed by atoms with van der Waals surface area (Å²) in [6.45, 7) is 4.88. The summed E-state index contributed by atoms with van der Waals surface area (Å²) in [6, 6.07) is 0. The quantitative estimate of drug-likeness (QED) is 0.306. The molecule has 0 bridgehead atoms. The number of hydrogen-bond acceptors (Lipinski definition) is 5. The normalized spacial score (nSPS) is 14.0.